The molecule has 0 aromatic rings. The van der Waals surface area contributed by atoms with Crippen molar-refractivity contribution in [1.82, 2.24) is 0 Å². The molecule has 0 heterocycles. The molecule has 6 heteroatoms. The maximum Gasteiger partial charge on any atom is 2.00 e. The zero-order valence-corrected chi connectivity index (χ0v) is 8.69. The van der Waals surface area contributed by atoms with Crippen LogP contribution in [0.4, 0.5) is 0 Å². The number of nitrogens with two attached hydrogens (primary N) is 1. The van der Waals surface area contributed by atoms with Gasteiger partial charge in [-0.25, -0.2) is 0 Å². The largest absolute Gasteiger partial charge is 2.00 e. The molecular weight excluding hydrogens is 193 g/mol. The third-order valence-electron chi connectivity index (χ3n) is 0.390. The second kappa shape index (κ2) is 12.0. The van der Waals surface area contributed by atoms with Gasteiger partial charge in [0.05, 0.1) is 0 Å². The minimum Gasteiger partial charge on any atom is -1.00 e. The van der Waals surface area contributed by atoms with Gasteiger partial charge in [-0.15, -0.1) is 0 Å². The van der Waals surface area contributed by atoms with Gasteiger partial charge in [-0.2, -0.15) is 0 Å². The van der Waals surface area contributed by atoms with Gasteiger partial charge in [0.2, 0.25) is 0 Å². The summed E-state index contributed by atoms with van der Waals surface area (Å²) in [5.74, 6) is -0.963. The molecule has 0 spiro atoms. The van der Waals surface area contributed by atoms with E-state index in [1.165, 1.54) is 6.92 Å². The Balaban J connectivity index is -0.0000000417. The van der Waals surface area contributed by atoms with Crippen LogP contribution in [0.2, 0.25) is 0 Å². The third kappa shape index (κ3) is 17.6. The van der Waals surface area contributed by atoms with Crippen molar-refractivity contribution < 1.29 is 34.7 Å². The monoisotopic (exact) mass is 199 g/mol. The number of aliphatic carboxylic acids is 1. The van der Waals surface area contributed by atoms with Crippen LogP contribution in [0.1, 0.15) is 6.92 Å². The normalized spacial score (nSPS) is 9.11. The Morgan fingerprint density at radius 2 is 1.67 bits per heavy atom. The number of carbonyl (C=O) groups is 1. The SMILES string of the molecule is C[C@H](N)C(=O)O.[Ca+2].[Cl-].[Cl-]. The molecule has 9 heavy (non-hydrogen) atoms. The second-order valence-electron chi connectivity index (χ2n) is 1.13. The third-order valence-corrected chi connectivity index (χ3v) is 0.390. The minimum absolute atomic E-state index is 0. The topological polar surface area (TPSA) is 63.3 Å². The fraction of sp³-hybridized carbons (Fsp3) is 0.667. The van der Waals surface area contributed by atoms with E-state index >= 15 is 0 Å². The summed E-state index contributed by atoms with van der Waals surface area (Å²) in [7, 11) is 0. The predicted molar refractivity (Wildman–Crippen MR) is 27.0 cm³/mol. The average Bonchev–Trinajstić information content (AvgIpc) is 1.36. The van der Waals surface area contributed by atoms with Crippen molar-refractivity contribution in [3.8, 4) is 0 Å². The van der Waals surface area contributed by atoms with Gasteiger partial charge < -0.3 is 35.7 Å². The molecule has 0 amide bonds. The van der Waals surface area contributed by atoms with Gasteiger partial charge in [0.15, 0.2) is 0 Å². The van der Waals surface area contributed by atoms with Crippen molar-refractivity contribution >= 4 is 43.7 Å². The summed E-state index contributed by atoms with van der Waals surface area (Å²) in [6, 6.07) is -0.731. The van der Waals surface area contributed by atoms with E-state index in [0.717, 1.165) is 0 Å². The van der Waals surface area contributed by atoms with Crippen LogP contribution in [0, 0.1) is 0 Å². The number of carboxylic acids is 1. The molecule has 0 aromatic heterocycles. The van der Waals surface area contributed by atoms with Crippen molar-refractivity contribution in [1.29, 1.82) is 0 Å². The van der Waals surface area contributed by atoms with Gasteiger partial charge in [0, 0.05) is 0 Å². The quantitative estimate of drug-likeness (QED) is 0.413. The summed E-state index contributed by atoms with van der Waals surface area (Å²) < 4.78 is 0. The van der Waals surface area contributed by atoms with Crippen molar-refractivity contribution in [2.45, 2.75) is 13.0 Å². The maximum atomic E-state index is 9.57. The molecule has 0 fully saturated rings. The van der Waals surface area contributed by atoms with Crippen LogP contribution in [0.15, 0.2) is 0 Å². The second-order valence-corrected chi connectivity index (χ2v) is 1.13. The van der Waals surface area contributed by atoms with E-state index in [0.29, 0.717) is 0 Å². The van der Waals surface area contributed by atoms with Crippen LogP contribution in [-0.2, 0) is 4.79 Å². The first-order valence-electron chi connectivity index (χ1n) is 1.63. The van der Waals surface area contributed by atoms with E-state index in [1.54, 1.807) is 0 Å². The van der Waals surface area contributed by atoms with Crippen molar-refractivity contribution in [3.05, 3.63) is 0 Å². The van der Waals surface area contributed by atoms with Crippen LogP contribution in [-0.4, -0.2) is 54.9 Å². The molecule has 0 saturated carbocycles. The summed E-state index contributed by atoms with van der Waals surface area (Å²) in [4.78, 5) is 9.57. The van der Waals surface area contributed by atoms with Crippen LogP contribution in [0.3, 0.4) is 0 Å². The Bertz CT molecular complexity index is 70.8. The molecule has 3 N–H and O–H groups in total. The molecule has 0 aliphatic heterocycles. The van der Waals surface area contributed by atoms with Gasteiger partial charge in [-0.1, -0.05) is 0 Å². The van der Waals surface area contributed by atoms with Crippen LogP contribution < -0.4 is 30.5 Å². The van der Waals surface area contributed by atoms with E-state index in [9.17, 15) is 4.79 Å². The van der Waals surface area contributed by atoms with Crippen molar-refractivity contribution in [2.24, 2.45) is 5.73 Å². The Kier molecular flexibility index (Phi) is 29.9. The van der Waals surface area contributed by atoms with Crippen LogP contribution in [0.5, 0.6) is 0 Å². The van der Waals surface area contributed by atoms with Crippen LogP contribution in [0.25, 0.3) is 0 Å². The van der Waals surface area contributed by atoms with E-state index < -0.39 is 12.0 Å². The Morgan fingerprint density at radius 1 is 1.56 bits per heavy atom. The summed E-state index contributed by atoms with van der Waals surface area (Å²) in [6.45, 7) is 1.42. The molecule has 0 unspecified atom stereocenters. The van der Waals surface area contributed by atoms with Gasteiger partial charge in [-0.05, 0) is 6.92 Å². The number of rotatable bonds is 1. The molecule has 0 radical (unpaired) electrons. The zero-order chi connectivity index (χ0) is 5.15. The molecule has 52 valence electrons. The Hall–Kier alpha value is 1.27. The number of carboxylic acid groups (broad SMARTS) is 1. The Morgan fingerprint density at radius 3 is 1.67 bits per heavy atom. The fourth-order valence-electron chi connectivity index (χ4n) is 0. The average molecular weight is 200 g/mol. The molecule has 0 aromatic carbocycles. The molecule has 0 saturated heterocycles. The van der Waals surface area contributed by atoms with Gasteiger partial charge >= 0.3 is 43.7 Å². The van der Waals surface area contributed by atoms with Gasteiger partial charge in [-0.3, -0.25) is 4.79 Å². The molecule has 0 rings (SSSR count). The number of halogens is 2. The Labute approximate surface area is 96.2 Å². The fourth-order valence-corrected chi connectivity index (χ4v) is 0. The molecule has 0 bridgehead atoms. The zero-order valence-electron chi connectivity index (χ0n) is 4.97. The van der Waals surface area contributed by atoms with E-state index in [1.807, 2.05) is 0 Å². The molecular formula is C3H7CaCl2NO2. The van der Waals surface area contributed by atoms with Crippen molar-refractivity contribution in [3.63, 3.8) is 0 Å². The van der Waals surface area contributed by atoms with Crippen LogP contribution >= 0.6 is 0 Å². The standard InChI is InChI=1S/C3H7NO2.Ca.2ClH/c1-2(4)3(5)6;;;/h2H,4H2,1H3,(H,5,6);;2*1H/q;+2;;/p-2/t2-;;;/m0.../s1. The minimum atomic E-state index is -0.963. The van der Waals surface area contributed by atoms with Crippen molar-refractivity contribution in [2.75, 3.05) is 0 Å². The van der Waals surface area contributed by atoms with Gasteiger partial charge in [0.1, 0.15) is 6.04 Å². The summed E-state index contributed by atoms with van der Waals surface area (Å²) in [6.07, 6.45) is 0. The smallest absolute Gasteiger partial charge is 1.00 e. The molecule has 1 atom stereocenters. The first-order valence-corrected chi connectivity index (χ1v) is 1.63. The van der Waals surface area contributed by atoms with E-state index in [2.05, 4.69) is 0 Å². The van der Waals surface area contributed by atoms with E-state index in [4.69, 9.17) is 10.8 Å². The predicted octanol–water partition coefficient (Wildman–Crippen LogP) is -6.95. The summed E-state index contributed by atoms with van der Waals surface area (Å²) in [5, 5.41) is 7.87. The van der Waals surface area contributed by atoms with E-state index in [-0.39, 0.29) is 62.6 Å². The van der Waals surface area contributed by atoms with Gasteiger partial charge in [0.25, 0.3) is 0 Å². The summed E-state index contributed by atoms with van der Waals surface area (Å²) >= 11 is 0. The number of hydrogen-bond donors (Lipinski definition) is 2. The summed E-state index contributed by atoms with van der Waals surface area (Å²) in [5.41, 5.74) is 4.84. The molecule has 0 aliphatic rings. The first kappa shape index (κ1) is 22.4. The molecule has 3 nitrogen and oxygen atoms in total. The number of hydrogen-bond acceptors (Lipinski definition) is 2. The maximum absolute atomic E-state index is 9.57. The first-order chi connectivity index (χ1) is 2.64. The molecule has 0 aliphatic carbocycles.